The molecule has 0 saturated carbocycles. The van der Waals surface area contributed by atoms with Crippen LogP contribution in [0.25, 0.3) is 0 Å². The van der Waals surface area contributed by atoms with Crippen LogP contribution in [0.15, 0.2) is 35.3 Å². The molecule has 0 aromatic heterocycles. The van der Waals surface area contributed by atoms with Crippen molar-refractivity contribution in [1.29, 1.82) is 0 Å². The number of morpholine rings is 1. The first-order chi connectivity index (χ1) is 17.0. The smallest absolute Gasteiger partial charge is 0.241 e. The minimum Gasteiger partial charge on any atom is -0.378 e. The van der Waals surface area contributed by atoms with Crippen molar-refractivity contribution in [3.05, 3.63) is 35.3 Å². The maximum absolute atomic E-state index is 13.9. The zero-order valence-electron chi connectivity index (χ0n) is 23.3. The second kappa shape index (κ2) is 11.0. The predicted molar refractivity (Wildman–Crippen MR) is 145 cm³/mol. The van der Waals surface area contributed by atoms with Crippen LogP contribution in [0.5, 0.6) is 0 Å². The summed E-state index contributed by atoms with van der Waals surface area (Å²) >= 11 is 0. The Hall–Kier alpha value is -1.71. The number of carbonyl (C=O) groups is 1. The van der Waals surface area contributed by atoms with Crippen LogP contribution in [0, 0.1) is 5.41 Å². The molecule has 1 amide bonds. The van der Waals surface area contributed by atoms with Crippen LogP contribution in [-0.4, -0.2) is 95.7 Å². The fourth-order valence-electron chi connectivity index (χ4n) is 6.27. The van der Waals surface area contributed by atoms with Crippen molar-refractivity contribution in [2.45, 2.75) is 85.0 Å². The van der Waals surface area contributed by atoms with Crippen LogP contribution >= 0.6 is 0 Å². The van der Waals surface area contributed by atoms with E-state index in [0.717, 1.165) is 74.8 Å². The maximum Gasteiger partial charge on any atom is 0.241 e. The Morgan fingerprint density at radius 2 is 1.94 bits per heavy atom. The van der Waals surface area contributed by atoms with Gasteiger partial charge in [-0.1, -0.05) is 33.8 Å². The van der Waals surface area contributed by atoms with Gasteiger partial charge in [-0.25, -0.2) is 5.84 Å². The van der Waals surface area contributed by atoms with Gasteiger partial charge >= 0.3 is 0 Å². The van der Waals surface area contributed by atoms with E-state index in [1.807, 2.05) is 4.90 Å². The van der Waals surface area contributed by atoms with Crippen LogP contribution in [-0.2, 0) is 9.53 Å². The number of carbonyl (C=O) groups excluding carboxylic acids is 1. The first-order valence-electron chi connectivity index (χ1n) is 13.8. The standard InChI is InChI=1S/C28H48N6O2/c1-8-9-10-23-11-25-27(34(29)22(23)5)28(6,7)18-33(25)26(35)15-31-13-19(2)30-12-24(31)14-32-20(3)16-36-17-21(32)4/h11,19-21,24,30H,5,8-10,12-18,29H2,1-4,6-7H3/t19-,20-,21-,24-/m1/s1. The molecule has 36 heavy (non-hydrogen) atoms. The Kier molecular flexibility index (Phi) is 8.32. The minimum atomic E-state index is -0.232. The largest absolute Gasteiger partial charge is 0.378 e. The molecule has 0 bridgehead atoms. The maximum atomic E-state index is 13.9. The average Bonchev–Trinajstić information content (AvgIpc) is 3.09. The highest BCUT2D eigenvalue weighted by Gasteiger charge is 2.45. The minimum absolute atomic E-state index is 0.155. The number of nitrogens with two attached hydrogens (primary N) is 1. The lowest BCUT2D eigenvalue weighted by Gasteiger charge is -2.46. The first kappa shape index (κ1) is 27.3. The molecule has 0 aromatic rings. The van der Waals surface area contributed by atoms with Crippen LogP contribution in [0.4, 0.5) is 0 Å². The molecular weight excluding hydrogens is 452 g/mol. The molecule has 2 fully saturated rings. The Morgan fingerprint density at radius 1 is 1.25 bits per heavy atom. The monoisotopic (exact) mass is 500 g/mol. The number of allylic oxidation sites excluding steroid dienone is 2. The zero-order chi connectivity index (χ0) is 26.2. The van der Waals surface area contributed by atoms with Crippen molar-refractivity contribution in [3.8, 4) is 0 Å². The van der Waals surface area contributed by atoms with E-state index < -0.39 is 0 Å². The summed E-state index contributed by atoms with van der Waals surface area (Å²) in [5.74, 6) is 6.74. The summed E-state index contributed by atoms with van der Waals surface area (Å²) in [6, 6.07) is 1.41. The number of nitrogens with zero attached hydrogens (tertiary/aromatic N) is 4. The molecule has 8 heteroatoms. The molecule has 4 aliphatic rings. The summed E-state index contributed by atoms with van der Waals surface area (Å²) in [6.07, 6.45) is 5.30. The van der Waals surface area contributed by atoms with Crippen molar-refractivity contribution >= 4 is 5.91 Å². The summed E-state index contributed by atoms with van der Waals surface area (Å²) < 4.78 is 5.75. The third-order valence-corrected chi connectivity index (χ3v) is 8.38. The van der Waals surface area contributed by atoms with Gasteiger partial charge < -0.3 is 15.0 Å². The van der Waals surface area contributed by atoms with E-state index in [-0.39, 0.29) is 17.4 Å². The third kappa shape index (κ3) is 5.43. The Balaban J connectivity index is 1.53. The van der Waals surface area contributed by atoms with Crippen molar-refractivity contribution in [1.82, 2.24) is 25.0 Å². The zero-order valence-corrected chi connectivity index (χ0v) is 23.3. The summed E-state index contributed by atoms with van der Waals surface area (Å²) in [6.45, 7) is 22.8. The molecule has 0 spiro atoms. The molecule has 0 aromatic carbocycles. The molecule has 4 aliphatic heterocycles. The highest BCUT2D eigenvalue weighted by molar-refractivity contribution is 5.82. The summed E-state index contributed by atoms with van der Waals surface area (Å²) in [5.41, 5.74) is 3.72. The Labute approximate surface area is 218 Å². The Morgan fingerprint density at radius 3 is 2.61 bits per heavy atom. The lowest BCUT2D eigenvalue weighted by molar-refractivity contribution is -0.132. The molecule has 2 saturated heterocycles. The SMILES string of the molecule is C=C1C(CCCC)=CC2=C(N1N)C(C)(C)CN2C(=O)CN1C[C@@H](C)NC[C@@H]1CN1[C@H](C)COC[C@H]1C. The lowest BCUT2D eigenvalue weighted by Crippen LogP contribution is -2.63. The molecule has 8 nitrogen and oxygen atoms in total. The molecule has 202 valence electrons. The topological polar surface area (TPSA) is 77.3 Å². The summed E-state index contributed by atoms with van der Waals surface area (Å²) in [5, 5.41) is 5.38. The highest BCUT2D eigenvalue weighted by atomic mass is 16.5. The highest BCUT2D eigenvalue weighted by Crippen LogP contribution is 2.45. The van der Waals surface area contributed by atoms with Crippen LogP contribution < -0.4 is 11.2 Å². The van der Waals surface area contributed by atoms with E-state index in [1.165, 1.54) is 0 Å². The fraction of sp³-hybridized carbons (Fsp3) is 0.750. The number of hydrogen-bond donors (Lipinski definition) is 2. The second-order valence-corrected chi connectivity index (χ2v) is 12.0. The van der Waals surface area contributed by atoms with Crippen molar-refractivity contribution in [3.63, 3.8) is 0 Å². The number of hydrazine groups is 1. The van der Waals surface area contributed by atoms with Crippen LogP contribution in [0.1, 0.15) is 60.8 Å². The van der Waals surface area contributed by atoms with Gasteiger partial charge in [0, 0.05) is 55.8 Å². The average molecular weight is 501 g/mol. The summed E-state index contributed by atoms with van der Waals surface area (Å²) in [4.78, 5) is 20.8. The number of amides is 1. The quantitative estimate of drug-likeness (QED) is 0.521. The number of unbranched alkanes of at least 4 members (excludes halogenated alkanes) is 1. The van der Waals surface area contributed by atoms with Crippen molar-refractivity contribution < 1.29 is 9.53 Å². The molecule has 3 N–H and O–H groups in total. The van der Waals surface area contributed by atoms with Crippen molar-refractivity contribution in [2.75, 3.05) is 45.9 Å². The predicted octanol–water partition coefficient (Wildman–Crippen LogP) is 2.66. The normalized spacial score (nSPS) is 31.6. The van der Waals surface area contributed by atoms with Gasteiger partial charge in [-0.15, -0.1) is 0 Å². The molecule has 4 rings (SSSR count). The van der Waals surface area contributed by atoms with Gasteiger partial charge in [0.1, 0.15) is 0 Å². The molecule has 0 unspecified atom stereocenters. The number of piperazine rings is 1. The van der Waals surface area contributed by atoms with Gasteiger partial charge in [-0.3, -0.25) is 19.6 Å². The van der Waals surface area contributed by atoms with Crippen molar-refractivity contribution in [2.24, 2.45) is 11.3 Å². The number of ether oxygens (including phenoxy) is 1. The Bertz CT molecular complexity index is 902. The molecular formula is C28H48N6O2. The molecule has 4 atom stereocenters. The van der Waals surface area contributed by atoms with Gasteiger partial charge in [0.25, 0.3) is 0 Å². The van der Waals surface area contributed by atoms with E-state index in [2.05, 4.69) is 69.3 Å². The lowest BCUT2D eigenvalue weighted by atomic mass is 9.88. The van der Waals surface area contributed by atoms with Gasteiger partial charge in [0.15, 0.2) is 0 Å². The second-order valence-electron chi connectivity index (χ2n) is 12.0. The molecule has 4 heterocycles. The number of nitrogens with one attached hydrogen (secondary N) is 1. The first-order valence-corrected chi connectivity index (χ1v) is 13.8. The van der Waals surface area contributed by atoms with Gasteiger partial charge in [0.05, 0.1) is 36.8 Å². The number of rotatable bonds is 7. The van der Waals surface area contributed by atoms with E-state index in [0.29, 0.717) is 31.2 Å². The van der Waals surface area contributed by atoms with E-state index in [4.69, 9.17) is 10.6 Å². The van der Waals surface area contributed by atoms with Gasteiger partial charge in [-0.05, 0) is 45.3 Å². The number of hydrogen-bond acceptors (Lipinski definition) is 7. The third-order valence-electron chi connectivity index (χ3n) is 8.38. The van der Waals surface area contributed by atoms with E-state index in [1.54, 1.807) is 5.01 Å². The van der Waals surface area contributed by atoms with Gasteiger partial charge in [-0.2, -0.15) is 0 Å². The van der Waals surface area contributed by atoms with Crippen LogP contribution in [0.3, 0.4) is 0 Å². The molecule has 0 radical (unpaired) electrons. The molecule has 0 aliphatic carbocycles. The van der Waals surface area contributed by atoms with Crippen LogP contribution in [0.2, 0.25) is 0 Å². The van der Waals surface area contributed by atoms with Gasteiger partial charge in [0.2, 0.25) is 5.91 Å². The summed E-state index contributed by atoms with van der Waals surface area (Å²) in [7, 11) is 0. The fourth-order valence-corrected chi connectivity index (χ4v) is 6.27. The van der Waals surface area contributed by atoms with E-state index in [9.17, 15) is 4.79 Å². The van der Waals surface area contributed by atoms with E-state index >= 15 is 0 Å².